The van der Waals surface area contributed by atoms with Gasteiger partial charge in [0.25, 0.3) is 0 Å². The van der Waals surface area contributed by atoms with E-state index in [1.807, 2.05) is 11.3 Å². The van der Waals surface area contributed by atoms with Gasteiger partial charge in [0.05, 0.1) is 6.04 Å². The summed E-state index contributed by atoms with van der Waals surface area (Å²) in [5.41, 5.74) is 7.83. The van der Waals surface area contributed by atoms with Crippen molar-refractivity contribution in [3.05, 3.63) is 35.2 Å². The number of thiophene rings is 1. The highest BCUT2D eigenvalue weighted by Crippen LogP contribution is 2.48. The maximum absolute atomic E-state index is 6.44. The predicted molar refractivity (Wildman–Crippen MR) is 74.4 cm³/mol. The van der Waals surface area contributed by atoms with E-state index in [1.54, 1.807) is 0 Å². The summed E-state index contributed by atoms with van der Waals surface area (Å²) < 4.78 is 1.36. The molecule has 3 rings (SSSR count). The van der Waals surface area contributed by atoms with Crippen molar-refractivity contribution in [3.8, 4) is 0 Å². The van der Waals surface area contributed by atoms with Gasteiger partial charge < -0.3 is 10.6 Å². The molecule has 0 radical (unpaired) electrons. The molecule has 1 saturated carbocycles. The van der Waals surface area contributed by atoms with E-state index in [1.165, 1.54) is 15.6 Å². The fourth-order valence-corrected chi connectivity index (χ4v) is 3.71. The highest BCUT2D eigenvalue weighted by molar-refractivity contribution is 7.17. The second kappa shape index (κ2) is 3.80. The second-order valence-electron chi connectivity index (χ2n) is 5.29. The van der Waals surface area contributed by atoms with Crippen molar-refractivity contribution < 1.29 is 0 Å². The number of likely N-dealkylation sites (N-methyl/N-ethyl adjacent to an activating group) is 1. The first-order chi connectivity index (χ1) is 8.12. The summed E-state index contributed by atoms with van der Waals surface area (Å²) in [6.45, 7) is 0. The molecule has 2 aromatic rings. The van der Waals surface area contributed by atoms with Gasteiger partial charge in [-0.05, 0) is 49.3 Å². The van der Waals surface area contributed by atoms with Gasteiger partial charge in [-0.3, -0.25) is 0 Å². The Balaban J connectivity index is 2.12. The minimum absolute atomic E-state index is 0.00660. The number of hydrogen-bond acceptors (Lipinski definition) is 3. The normalized spacial score (nSPS) is 19.8. The lowest BCUT2D eigenvalue weighted by Gasteiger charge is -2.30. The summed E-state index contributed by atoms with van der Waals surface area (Å²) in [6.07, 6.45) is 2.28. The molecule has 1 aliphatic rings. The average molecular weight is 246 g/mol. The fraction of sp³-hybridized carbons (Fsp3) is 0.429. The van der Waals surface area contributed by atoms with E-state index in [4.69, 9.17) is 5.73 Å². The Kier molecular flexibility index (Phi) is 2.51. The molecule has 3 heteroatoms. The Morgan fingerprint density at radius 2 is 2.00 bits per heavy atom. The summed E-state index contributed by atoms with van der Waals surface area (Å²) >= 11 is 1.82. The molecule has 2 nitrogen and oxygen atoms in total. The summed E-state index contributed by atoms with van der Waals surface area (Å²) in [4.78, 5) is 2.27. The lowest BCUT2D eigenvalue weighted by atomic mass is 9.96. The zero-order valence-corrected chi connectivity index (χ0v) is 11.1. The monoisotopic (exact) mass is 246 g/mol. The van der Waals surface area contributed by atoms with Crippen LogP contribution in [0.15, 0.2) is 29.6 Å². The van der Waals surface area contributed by atoms with Crippen molar-refractivity contribution in [1.29, 1.82) is 0 Å². The van der Waals surface area contributed by atoms with Crippen LogP contribution in [-0.2, 0) is 0 Å². The molecule has 1 atom stereocenters. The van der Waals surface area contributed by atoms with E-state index in [9.17, 15) is 0 Å². The number of hydrogen-bond donors (Lipinski definition) is 1. The Labute approximate surface area is 106 Å². The van der Waals surface area contributed by atoms with Gasteiger partial charge >= 0.3 is 0 Å². The van der Waals surface area contributed by atoms with E-state index in [2.05, 4.69) is 48.6 Å². The van der Waals surface area contributed by atoms with Crippen LogP contribution in [0.2, 0.25) is 0 Å². The van der Waals surface area contributed by atoms with Crippen LogP contribution in [0.3, 0.4) is 0 Å². The third kappa shape index (κ3) is 1.79. The number of fused-ring (bicyclic) bond motifs is 1. The van der Waals surface area contributed by atoms with Crippen LogP contribution in [0, 0.1) is 0 Å². The predicted octanol–water partition coefficient (Wildman–Crippen LogP) is 3.00. The largest absolute Gasteiger partial charge is 0.323 e. The number of rotatable bonds is 3. The van der Waals surface area contributed by atoms with Gasteiger partial charge in [0, 0.05) is 10.2 Å². The molecule has 1 unspecified atom stereocenters. The van der Waals surface area contributed by atoms with Crippen LogP contribution in [-0.4, -0.2) is 24.5 Å². The molecule has 1 heterocycles. The zero-order valence-electron chi connectivity index (χ0n) is 10.3. The van der Waals surface area contributed by atoms with Gasteiger partial charge in [0.15, 0.2) is 0 Å². The van der Waals surface area contributed by atoms with Crippen LogP contribution in [0.4, 0.5) is 0 Å². The molecule has 0 amide bonds. The summed E-state index contributed by atoms with van der Waals surface area (Å²) in [5, 5.41) is 3.65. The number of nitrogens with zero attached hydrogens (tertiary/aromatic N) is 1. The van der Waals surface area contributed by atoms with Gasteiger partial charge in [-0.15, -0.1) is 11.3 Å². The summed E-state index contributed by atoms with van der Waals surface area (Å²) in [7, 11) is 4.26. The lowest BCUT2D eigenvalue weighted by molar-refractivity contribution is 0.248. The first-order valence-corrected chi connectivity index (χ1v) is 6.91. The van der Waals surface area contributed by atoms with E-state index in [0.717, 1.165) is 12.8 Å². The standard InChI is InChI=1S/C14H18N2S/c1-16(2)13(14(15)7-8-14)11-9-17-12-6-4-3-5-10(11)12/h3-6,9,13H,7-8,15H2,1-2H3. The van der Waals surface area contributed by atoms with Gasteiger partial charge in [0.2, 0.25) is 0 Å². The second-order valence-corrected chi connectivity index (χ2v) is 6.20. The van der Waals surface area contributed by atoms with Crippen molar-refractivity contribution in [2.45, 2.75) is 24.4 Å². The Bertz CT molecular complexity index is 540. The molecule has 0 saturated heterocycles. The van der Waals surface area contributed by atoms with Crippen molar-refractivity contribution in [3.63, 3.8) is 0 Å². The molecule has 1 fully saturated rings. The molecule has 1 aliphatic carbocycles. The molecule has 17 heavy (non-hydrogen) atoms. The third-order valence-electron chi connectivity index (χ3n) is 3.69. The van der Waals surface area contributed by atoms with Crippen LogP contribution in [0.25, 0.3) is 10.1 Å². The van der Waals surface area contributed by atoms with Crippen LogP contribution < -0.4 is 5.73 Å². The Morgan fingerprint density at radius 3 is 2.65 bits per heavy atom. The van der Waals surface area contributed by atoms with Gasteiger partial charge in [0.1, 0.15) is 0 Å². The van der Waals surface area contributed by atoms with Crippen LogP contribution >= 0.6 is 11.3 Å². The highest BCUT2D eigenvalue weighted by Gasteiger charge is 2.48. The number of nitrogens with two attached hydrogens (primary N) is 1. The maximum Gasteiger partial charge on any atom is 0.0537 e. The molecular weight excluding hydrogens is 228 g/mol. The summed E-state index contributed by atoms with van der Waals surface area (Å²) in [6, 6.07) is 8.96. The minimum atomic E-state index is -0.00660. The molecule has 0 spiro atoms. The third-order valence-corrected chi connectivity index (χ3v) is 4.68. The Morgan fingerprint density at radius 1 is 1.29 bits per heavy atom. The molecule has 90 valence electrons. The molecule has 0 aliphatic heterocycles. The smallest absolute Gasteiger partial charge is 0.0537 e. The zero-order chi connectivity index (χ0) is 12.0. The highest BCUT2D eigenvalue weighted by atomic mass is 32.1. The fourth-order valence-electron chi connectivity index (χ4n) is 2.73. The van der Waals surface area contributed by atoms with E-state index < -0.39 is 0 Å². The summed E-state index contributed by atoms with van der Waals surface area (Å²) in [5.74, 6) is 0. The Hall–Kier alpha value is -0.900. The molecule has 1 aromatic carbocycles. The van der Waals surface area contributed by atoms with Crippen molar-refractivity contribution in [1.82, 2.24) is 4.90 Å². The van der Waals surface area contributed by atoms with Crippen LogP contribution in [0.1, 0.15) is 24.4 Å². The quantitative estimate of drug-likeness (QED) is 0.902. The topological polar surface area (TPSA) is 29.3 Å². The molecule has 0 bridgehead atoms. The van der Waals surface area contributed by atoms with Crippen LogP contribution in [0.5, 0.6) is 0 Å². The molecular formula is C14H18N2S. The van der Waals surface area contributed by atoms with Gasteiger partial charge in [-0.2, -0.15) is 0 Å². The SMILES string of the molecule is CN(C)C(c1csc2ccccc12)C1(N)CC1. The molecule has 1 aromatic heterocycles. The van der Waals surface area contributed by atoms with Crippen molar-refractivity contribution in [2.75, 3.05) is 14.1 Å². The average Bonchev–Trinajstić information content (AvgIpc) is 2.89. The van der Waals surface area contributed by atoms with Crippen molar-refractivity contribution >= 4 is 21.4 Å². The van der Waals surface area contributed by atoms with Gasteiger partial charge in [-0.25, -0.2) is 0 Å². The first-order valence-electron chi connectivity index (χ1n) is 6.03. The van der Waals surface area contributed by atoms with E-state index >= 15 is 0 Å². The first kappa shape index (κ1) is 11.2. The van der Waals surface area contributed by atoms with E-state index in [-0.39, 0.29) is 5.54 Å². The maximum atomic E-state index is 6.44. The van der Waals surface area contributed by atoms with E-state index in [0.29, 0.717) is 6.04 Å². The number of benzene rings is 1. The van der Waals surface area contributed by atoms with Gasteiger partial charge in [-0.1, -0.05) is 18.2 Å². The minimum Gasteiger partial charge on any atom is -0.323 e. The lowest BCUT2D eigenvalue weighted by Crippen LogP contribution is -2.39. The van der Waals surface area contributed by atoms with Crippen molar-refractivity contribution in [2.24, 2.45) is 5.73 Å². The molecule has 2 N–H and O–H groups in total.